The minimum Gasteiger partial charge on any atom is -0.349 e. The van der Waals surface area contributed by atoms with Crippen molar-refractivity contribution in [2.75, 3.05) is 19.6 Å². The maximum absolute atomic E-state index is 12.7. The number of rotatable bonds is 5. The van der Waals surface area contributed by atoms with Crippen molar-refractivity contribution in [1.82, 2.24) is 30.1 Å². The van der Waals surface area contributed by atoms with Crippen LogP contribution in [-0.4, -0.2) is 57.0 Å². The number of hydrogen-bond acceptors (Lipinski definition) is 4. The maximum Gasteiger partial charge on any atom is 0.317 e. The summed E-state index contributed by atoms with van der Waals surface area (Å²) in [6, 6.07) is 11.9. The van der Waals surface area contributed by atoms with Gasteiger partial charge in [-0.15, -0.1) is 0 Å². The second kappa shape index (κ2) is 8.94. The van der Waals surface area contributed by atoms with E-state index in [1.807, 2.05) is 29.7 Å². The standard InChI is InChI=1S/C22H26N6O2/c1-2-23-22(30)27-10-8-18(9-11-27)26-21(29)17-12-19-20(24-13-17)28(15-25-19)14-16-6-4-3-5-7-16/h3-7,12-13,15,18H,2,8-11,14H2,1H3,(H,23,30)(H,26,29). The summed E-state index contributed by atoms with van der Waals surface area (Å²) in [6.07, 6.45) is 4.84. The first-order valence-electron chi connectivity index (χ1n) is 10.3. The number of likely N-dealkylation sites (tertiary alicyclic amines) is 1. The molecule has 0 saturated carbocycles. The third kappa shape index (κ3) is 4.42. The minimum absolute atomic E-state index is 0.0389. The van der Waals surface area contributed by atoms with E-state index in [4.69, 9.17) is 0 Å². The van der Waals surface area contributed by atoms with E-state index in [9.17, 15) is 9.59 Å². The third-order valence-electron chi connectivity index (χ3n) is 5.36. The Morgan fingerprint density at radius 2 is 1.90 bits per heavy atom. The summed E-state index contributed by atoms with van der Waals surface area (Å²) in [4.78, 5) is 35.3. The second-order valence-corrected chi connectivity index (χ2v) is 7.50. The van der Waals surface area contributed by atoms with Crippen molar-refractivity contribution in [3.8, 4) is 0 Å². The van der Waals surface area contributed by atoms with Crippen LogP contribution < -0.4 is 10.6 Å². The van der Waals surface area contributed by atoms with Crippen LogP contribution in [0.4, 0.5) is 4.79 Å². The van der Waals surface area contributed by atoms with E-state index in [0.717, 1.165) is 18.5 Å². The molecule has 156 valence electrons. The Kier molecular flexibility index (Phi) is 5.92. The highest BCUT2D eigenvalue weighted by molar-refractivity contribution is 5.96. The SMILES string of the molecule is CCNC(=O)N1CCC(NC(=O)c2cnc3c(c2)ncn3Cc2ccccc2)CC1. The lowest BCUT2D eigenvalue weighted by atomic mass is 10.0. The molecule has 3 aromatic rings. The Balaban J connectivity index is 1.38. The van der Waals surface area contributed by atoms with E-state index in [-0.39, 0.29) is 18.0 Å². The van der Waals surface area contributed by atoms with Gasteiger partial charge in [-0.05, 0) is 31.4 Å². The molecular weight excluding hydrogens is 380 g/mol. The van der Waals surface area contributed by atoms with Gasteiger partial charge >= 0.3 is 6.03 Å². The minimum atomic E-state index is -0.154. The molecule has 30 heavy (non-hydrogen) atoms. The highest BCUT2D eigenvalue weighted by atomic mass is 16.2. The molecule has 0 bridgehead atoms. The number of amides is 3. The molecule has 2 aromatic heterocycles. The number of piperidine rings is 1. The van der Waals surface area contributed by atoms with Gasteiger partial charge in [0.25, 0.3) is 5.91 Å². The van der Waals surface area contributed by atoms with E-state index >= 15 is 0 Å². The fourth-order valence-electron chi connectivity index (χ4n) is 3.73. The van der Waals surface area contributed by atoms with Crippen molar-refractivity contribution >= 4 is 23.1 Å². The summed E-state index contributed by atoms with van der Waals surface area (Å²) in [5.41, 5.74) is 3.12. The van der Waals surface area contributed by atoms with E-state index in [1.54, 1.807) is 23.5 Å². The van der Waals surface area contributed by atoms with Gasteiger partial charge in [0.15, 0.2) is 5.65 Å². The first kappa shape index (κ1) is 19.9. The number of urea groups is 1. The Hall–Kier alpha value is -3.42. The van der Waals surface area contributed by atoms with Crippen molar-refractivity contribution < 1.29 is 9.59 Å². The zero-order chi connectivity index (χ0) is 20.9. The predicted molar refractivity (Wildman–Crippen MR) is 114 cm³/mol. The Labute approximate surface area is 175 Å². The molecule has 1 aliphatic heterocycles. The van der Waals surface area contributed by atoms with Crippen molar-refractivity contribution in [2.24, 2.45) is 0 Å². The molecule has 3 heterocycles. The number of carbonyl (C=O) groups is 2. The van der Waals surface area contributed by atoms with Crippen LogP contribution in [0.15, 0.2) is 48.9 Å². The largest absolute Gasteiger partial charge is 0.349 e. The van der Waals surface area contributed by atoms with E-state index in [2.05, 4.69) is 32.7 Å². The Bertz CT molecular complexity index is 1020. The molecule has 1 aromatic carbocycles. The normalized spacial score (nSPS) is 14.6. The van der Waals surface area contributed by atoms with Crippen LogP contribution in [0.1, 0.15) is 35.7 Å². The molecular formula is C22H26N6O2. The lowest BCUT2D eigenvalue weighted by molar-refractivity contribution is 0.0918. The number of fused-ring (bicyclic) bond motifs is 1. The number of hydrogen-bond donors (Lipinski definition) is 2. The Morgan fingerprint density at radius 3 is 2.63 bits per heavy atom. The maximum atomic E-state index is 12.7. The van der Waals surface area contributed by atoms with E-state index < -0.39 is 0 Å². The number of pyridine rings is 1. The van der Waals surface area contributed by atoms with E-state index in [1.165, 1.54) is 5.56 Å². The highest BCUT2D eigenvalue weighted by Gasteiger charge is 2.24. The molecule has 1 fully saturated rings. The zero-order valence-corrected chi connectivity index (χ0v) is 17.0. The summed E-state index contributed by atoms with van der Waals surface area (Å²) >= 11 is 0. The fraction of sp³-hybridized carbons (Fsp3) is 0.364. The summed E-state index contributed by atoms with van der Waals surface area (Å²) in [7, 11) is 0. The molecule has 3 amide bonds. The monoisotopic (exact) mass is 406 g/mol. The van der Waals surface area contributed by atoms with Crippen LogP contribution in [0.25, 0.3) is 11.2 Å². The summed E-state index contributed by atoms with van der Waals surface area (Å²) in [5, 5.41) is 5.88. The molecule has 0 aliphatic carbocycles. The van der Waals surface area contributed by atoms with Crippen LogP contribution in [0.2, 0.25) is 0 Å². The summed E-state index contributed by atoms with van der Waals surface area (Å²) < 4.78 is 1.98. The molecule has 0 radical (unpaired) electrons. The third-order valence-corrected chi connectivity index (χ3v) is 5.36. The molecule has 8 heteroatoms. The smallest absolute Gasteiger partial charge is 0.317 e. The number of carbonyl (C=O) groups excluding carboxylic acids is 2. The number of aromatic nitrogens is 3. The average Bonchev–Trinajstić information content (AvgIpc) is 3.17. The van der Waals surface area contributed by atoms with Gasteiger partial charge in [-0.3, -0.25) is 4.79 Å². The molecule has 1 aliphatic rings. The number of nitrogens with zero attached hydrogens (tertiary/aromatic N) is 4. The molecule has 2 N–H and O–H groups in total. The topological polar surface area (TPSA) is 92.2 Å². The van der Waals surface area contributed by atoms with Crippen LogP contribution in [-0.2, 0) is 6.54 Å². The van der Waals surface area contributed by atoms with Crippen molar-refractivity contribution in [2.45, 2.75) is 32.4 Å². The molecule has 0 atom stereocenters. The molecule has 0 unspecified atom stereocenters. The van der Waals surface area contributed by atoms with Gasteiger partial charge in [0, 0.05) is 31.9 Å². The number of nitrogens with one attached hydrogen (secondary N) is 2. The Morgan fingerprint density at radius 1 is 1.13 bits per heavy atom. The van der Waals surface area contributed by atoms with E-state index in [0.29, 0.717) is 37.3 Å². The number of imidazole rings is 1. The van der Waals surface area contributed by atoms with Crippen LogP contribution in [0.5, 0.6) is 0 Å². The van der Waals surface area contributed by atoms with Gasteiger partial charge in [0.2, 0.25) is 0 Å². The number of benzene rings is 1. The molecule has 1 saturated heterocycles. The first-order valence-corrected chi connectivity index (χ1v) is 10.3. The first-order chi connectivity index (χ1) is 14.6. The average molecular weight is 406 g/mol. The quantitative estimate of drug-likeness (QED) is 0.681. The van der Waals surface area contributed by atoms with Crippen LogP contribution in [0, 0.1) is 0 Å². The zero-order valence-electron chi connectivity index (χ0n) is 17.0. The fourth-order valence-corrected chi connectivity index (χ4v) is 3.73. The van der Waals surface area contributed by atoms with Gasteiger partial charge in [-0.1, -0.05) is 30.3 Å². The highest BCUT2D eigenvalue weighted by Crippen LogP contribution is 2.15. The van der Waals surface area contributed by atoms with Gasteiger partial charge in [-0.25, -0.2) is 14.8 Å². The summed E-state index contributed by atoms with van der Waals surface area (Å²) in [5.74, 6) is -0.154. The molecule has 0 spiro atoms. The van der Waals surface area contributed by atoms with Crippen LogP contribution in [0.3, 0.4) is 0 Å². The lowest BCUT2D eigenvalue weighted by Gasteiger charge is -2.32. The lowest BCUT2D eigenvalue weighted by Crippen LogP contribution is -2.49. The van der Waals surface area contributed by atoms with Gasteiger partial charge in [0.1, 0.15) is 5.52 Å². The molecule has 4 rings (SSSR count). The van der Waals surface area contributed by atoms with Crippen molar-refractivity contribution in [3.05, 3.63) is 60.0 Å². The van der Waals surface area contributed by atoms with Crippen molar-refractivity contribution in [3.63, 3.8) is 0 Å². The predicted octanol–water partition coefficient (Wildman–Crippen LogP) is 2.40. The van der Waals surface area contributed by atoms with Crippen molar-refractivity contribution in [1.29, 1.82) is 0 Å². The van der Waals surface area contributed by atoms with Gasteiger partial charge in [-0.2, -0.15) is 0 Å². The summed E-state index contributed by atoms with van der Waals surface area (Å²) in [6.45, 7) is 4.47. The second-order valence-electron chi connectivity index (χ2n) is 7.50. The van der Waals surface area contributed by atoms with Gasteiger partial charge < -0.3 is 20.1 Å². The van der Waals surface area contributed by atoms with Gasteiger partial charge in [0.05, 0.1) is 18.4 Å². The molecule has 8 nitrogen and oxygen atoms in total. The van der Waals surface area contributed by atoms with Crippen LogP contribution >= 0.6 is 0 Å².